The van der Waals surface area contributed by atoms with Crippen LogP contribution in [0.5, 0.6) is 5.75 Å². The van der Waals surface area contributed by atoms with Gasteiger partial charge in [0.1, 0.15) is 11.9 Å². The average molecular weight is 540 g/mol. The molecule has 0 amide bonds. The van der Waals surface area contributed by atoms with Gasteiger partial charge < -0.3 is 10.1 Å². The first kappa shape index (κ1) is 22.9. The molecule has 3 heterocycles. The number of pyridine rings is 1. The summed E-state index contributed by atoms with van der Waals surface area (Å²) in [5.41, 5.74) is 3.95. The van der Waals surface area contributed by atoms with E-state index < -0.39 is 10.0 Å². The number of fused-ring (bicyclic) bond motifs is 2. The molecule has 0 spiro atoms. The van der Waals surface area contributed by atoms with Crippen molar-refractivity contribution in [3.05, 3.63) is 71.0 Å². The molecule has 34 heavy (non-hydrogen) atoms. The van der Waals surface area contributed by atoms with Gasteiger partial charge in [-0.15, -0.1) is 0 Å². The number of nitrogens with zero attached hydrogens (tertiary/aromatic N) is 2. The number of aromatic nitrogens is 2. The molecule has 0 aliphatic carbocycles. The Morgan fingerprint density at radius 2 is 1.85 bits per heavy atom. The van der Waals surface area contributed by atoms with Crippen molar-refractivity contribution in [2.24, 2.45) is 5.41 Å². The Bertz CT molecular complexity index is 1500. The average Bonchev–Trinajstić information content (AvgIpc) is 3.17. The van der Waals surface area contributed by atoms with Gasteiger partial charge >= 0.3 is 0 Å². The zero-order valence-corrected chi connectivity index (χ0v) is 21.9. The minimum Gasteiger partial charge on any atom is -0.486 e. The Morgan fingerprint density at radius 3 is 2.56 bits per heavy atom. The van der Waals surface area contributed by atoms with Crippen molar-refractivity contribution in [2.75, 3.05) is 11.9 Å². The van der Waals surface area contributed by atoms with Gasteiger partial charge in [-0.05, 0) is 58.7 Å². The fourth-order valence-corrected chi connectivity index (χ4v) is 5.77. The summed E-state index contributed by atoms with van der Waals surface area (Å²) in [5, 5.41) is 4.23. The molecule has 176 valence electrons. The quantitative estimate of drug-likeness (QED) is 0.334. The molecular formula is C26H26BrN3O3S. The summed E-state index contributed by atoms with van der Waals surface area (Å²) < 4.78 is 35.3. The van der Waals surface area contributed by atoms with E-state index in [1.807, 2.05) is 31.2 Å². The Labute approximate surface area is 208 Å². The van der Waals surface area contributed by atoms with Crippen LogP contribution in [0.1, 0.15) is 26.3 Å². The SMILES string of the molecule is Cc1ccc(S(=O)(=O)n2cc(-c3ccc4c(c3)NCC(C(C)(C)C)O4)c3cc(Br)cnc32)cc1. The molecule has 6 nitrogen and oxygen atoms in total. The lowest BCUT2D eigenvalue weighted by Crippen LogP contribution is -2.40. The second-order valence-corrected chi connectivity index (χ2v) is 12.5. The largest absolute Gasteiger partial charge is 0.486 e. The maximum Gasteiger partial charge on any atom is 0.269 e. The molecule has 0 saturated carbocycles. The fraction of sp³-hybridized carbons (Fsp3) is 0.269. The number of ether oxygens (including phenoxy) is 1. The first-order valence-corrected chi connectivity index (χ1v) is 13.3. The molecule has 0 fully saturated rings. The van der Waals surface area contributed by atoms with Crippen molar-refractivity contribution in [1.82, 2.24) is 8.96 Å². The molecule has 1 atom stereocenters. The van der Waals surface area contributed by atoms with Gasteiger partial charge in [-0.25, -0.2) is 17.4 Å². The van der Waals surface area contributed by atoms with E-state index in [0.29, 0.717) is 12.2 Å². The van der Waals surface area contributed by atoms with Crippen LogP contribution in [0.4, 0.5) is 5.69 Å². The summed E-state index contributed by atoms with van der Waals surface area (Å²) in [6.07, 6.45) is 3.33. The van der Waals surface area contributed by atoms with Crippen LogP contribution >= 0.6 is 15.9 Å². The van der Waals surface area contributed by atoms with Gasteiger partial charge in [-0.2, -0.15) is 0 Å². The molecule has 8 heteroatoms. The smallest absolute Gasteiger partial charge is 0.269 e. The monoisotopic (exact) mass is 539 g/mol. The van der Waals surface area contributed by atoms with E-state index in [1.54, 1.807) is 36.7 Å². The molecule has 1 aliphatic rings. The number of nitrogens with one attached hydrogen (secondary N) is 1. The summed E-state index contributed by atoms with van der Waals surface area (Å²) in [6, 6.07) is 14.7. The van der Waals surface area contributed by atoms with Gasteiger partial charge in [0.25, 0.3) is 10.0 Å². The summed E-state index contributed by atoms with van der Waals surface area (Å²) in [5.74, 6) is 0.797. The van der Waals surface area contributed by atoms with Crippen LogP contribution in [-0.2, 0) is 10.0 Å². The zero-order valence-electron chi connectivity index (χ0n) is 19.5. The fourth-order valence-electron chi connectivity index (χ4n) is 4.11. The third-order valence-corrected chi connectivity index (χ3v) is 8.26. The topological polar surface area (TPSA) is 73.2 Å². The van der Waals surface area contributed by atoms with E-state index >= 15 is 0 Å². The highest BCUT2D eigenvalue weighted by Gasteiger charge is 2.31. The van der Waals surface area contributed by atoms with Crippen molar-refractivity contribution in [3.63, 3.8) is 0 Å². The third-order valence-electron chi connectivity index (χ3n) is 6.16. The number of anilines is 1. The normalized spacial score (nSPS) is 16.1. The van der Waals surface area contributed by atoms with Crippen LogP contribution in [0, 0.1) is 12.3 Å². The molecule has 0 saturated heterocycles. The van der Waals surface area contributed by atoms with Gasteiger partial charge in [-0.3, -0.25) is 0 Å². The first-order chi connectivity index (χ1) is 16.0. The lowest BCUT2D eigenvalue weighted by Gasteiger charge is -2.36. The number of halogens is 1. The summed E-state index contributed by atoms with van der Waals surface area (Å²) in [6.45, 7) is 9.11. The van der Waals surface area contributed by atoms with Gasteiger partial charge in [0.05, 0.1) is 17.1 Å². The van der Waals surface area contributed by atoms with Crippen molar-refractivity contribution < 1.29 is 13.2 Å². The van der Waals surface area contributed by atoms with Gasteiger partial charge in [0.2, 0.25) is 0 Å². The number of hydrogen-bond acceptors (Lipinski definition) is 5. The van der Waals surface area contributed by atoms with Gasteiger partial charge in [0, 0.05) is 33.2 Å². The molecule has 0 bridgehead atoms. The summed E-state index contributed by atoms with van der Waals surface area (Å²) in [7, 11) is -3.82. The van der Waals surface area contributed by atoms with Crippen LogP contribution in [0.3, 0.4) is 0 Å². The predicted molar refractivity (Wildman–Crippen MR) is 139 cm³/mol. The molecule has 1 aliphatic heterocycles. The second kappa shape index (κ2) is 8.13. The molecule has 4 aromatic rings. The Kier molecular flexibility index (Phi) is 5.48. The summed E-state index contributed by atoms with van der Waals surface area (Å²) >= 11 is 3.48. The molecule has 1 N–H and O–H groups in total. The van der Waals surface area contributed by atoms with E-state index in [4.69, 9.17) is 4.74 Å². The molecule has 5 rings (SSSR count). The van der Waals surface area contributed by atoms with Crippen molar-refractivity contribution >= 4 is 42.7 Å². The van der Waals surface area contributed by atoms with E-state index in [9.17, 15) is 8.42 Å². The molecule has 1 unspecified atom stereocenters. The van der Waals surface area contributed by atoms with Crippen molar-refractivity contribution in [3.8, 4) is 16.9 Å². The van der Waals surface area contributed by atoms with Crippen LogP contribution in [0.15, 0.2) is 70.3 Å². The Hall–Kier alpha value is -2.84. The first-order valence-electron chi connectivity index (χ1n) is 11.1. The highest BCUT2D eigenvalue weighted by atomic mass is 79.9. The second-order valence-electron chi connectivity index (χ2n) is 9.75. The summed E-state index contributed by atoms with van der Waals surface area (Å²) in [4.78, 5) is 4.68. The Morgan fingerprint density at radius 1 is 1.12 bits per heavy atom. The Balaban J connectivity index is 1.63. The van der Waals surface area contributed by atoms with E-state index in [2.05, 4.69) is 47.0 Å². The number of rotatable bonds is 3. The van der Waals surface area contributed by atoms with Crippen LogP contribution in [0.25, 0.3) is 22.2 Å². The van der Waals surface area contributed by atoms with E-state index in [0.717, 1.165) is 38.0 Å². The van der Waals surface area contributed by atoms with Gasteiger partial charge in [0.15, 0.2) is 5.65 Å². The van der Waals surface area contributed by atoms with Crippen LogP contribution in [0.2, 0.25) is 0 Å². The van der Waals surface area contributed by atoms with Crippen molar-refractivity contribution in [1.29, 1.82) is 0 Å². The van der Waals surface area contributed by atoms with Gasteiger partial charge in [-0.1, -0.05) is 44.5 Å². The number of benzene rings is 2. The van der Waals surface area contributed by atoms with Crippen molar-refractivity contribution in [2.45, 2.75) is 38.7 Å². The molecular weight excluding hydrogens is 514 g/mol. The third kappa shape index (κ3) is 3.99. The highest BCUT2D eigenvalue weighted by molar-refractivity contribution is 9.10. The number of hydrogen-bond donors (Lipinski definition) is 1. The minimum atomic E-state index is -3.82. The van der Waals surface area contributed by atoms with Crippen LogP contribution < -0.4 is 10.1 Å². The molecule has 2 aromatic carbocycles. The standard InChI is InChI=1S/C26H26BrN3O3S/c1-16-5-8-19(9-6-16)34(31,32)30-15-21(20-12-18(27)13-29-25(20)30)17-7-10-23-22(11-17)28-14-24(33-23)26(2,3)4/h5-13,15,24,28H,14H2,1-4H3. The highest BCUT2D eigenvalue weighted by Crippen LogP contribution is 2.40. The maximum atomic E-state index is 13.5. The zero-order chi connectivity index (χ0) is 24.3. The molecule has 0 radical (unpaired) electrons. The van der Waals surface area contributed by atoms with Crippen LogP contribution in [-0.4, -0.2) is 30.0 Å². The number of aryl methyl sites for hydroxylation is 1. The predicted octanol–water partition coefficient (Wildman–Crippen LogP) is 6.23. The maximum absolute atomic E-state index is 13.5. The molecule has 2 aromatic heterocycles. The van der Waals surface area contributed by atoms with E-state index in [-0.39, 0.29) is 16.4 Å². The minimum absolute atomic E-state index is 0.0130. The lowest BCUT2D eigenvalue weighted by molar-refractivity contribution is 0.0922. The van der Waals surface area contributed by atoms with E-state index in [1.165, 1.54) is 3.97 Å². The lowest BCUT2D eigenvalue weighted by atomic mass is 9.88.